The molecule has 0 radical (unpaired) electrons. The molecule has 2 fully saturated rings. The first-order valence-electron chi connectivity index (χ1n) is 10.1. The van der Waals surface area contributed by atoms with Gasteiger partial charge in [0.05, 0.1) is 30.7 Å². The molecule has 8 heteroatoms. The molecule has 162 valence electrons. The number of methoxy groups -OCH3 is 1. The molecule has 0 saturated carbocycles. The minimum atomic E-state index is -1.60. The monoisotopic (exact) mass is 450 g/mol. The maximum Gasteiger partial charge on any atom is 0.331 e. The van der Waals surface area contributed by atoms with E-state index in [0.717, 1.165) is 9.78 Å². The number of ether oxygens (including phenoxy) is 1. The zero-order chi connectivity index (χ0) is 22.5. The quantitative estimate of drug-likeness (QED) is 0.487. The van der Waals surface area contributed by atoms with Crippen LogP contribution < -0.4 is 10.2 Å². The third kappa shape index (κ3) is 2.76. The highest BCUT2D eigenvalue weighted by atomic mass is 32.1. The van der Waals surface area contributed by atoms with Gasteiger partial charge in [0.25, 0.3) is 0 Å². The number of imide groups is 1. The lowest BCUT2D eigenvalue weighted by atomic mass is 9.75. The number of para-hydroxylation sites is 1. The Hall–Kier alpha value is -3.36. The standard InChI is InChI=1S/C24H19FN2O4S/c1-31-23(30)24(14-8-3-2-4-9-14)19-18(20(26-24)17-12-7-13-32-17)21(28)27(22(19)29)16-11-6-5-10-15(16)25/h2-13,18-20,26H,1H3/t18-,19-,20-,24+/m0/s1. The number of thiophene rings is 1. The van der Waals surface area contributed by atoms with Crippen molar-refractivity contribution >= 4 is 34.8 Å². The molecule has 3 aromatic rings. The number of hydrogen-bond acceptors (Lipinski definition) is 6. The molecule has 6 nitrogen and oxygen atoms in total. The summed E-state index contributed by atoms with van der Waals surface area (Å²) in [7, 11) is 1.25. The van der Waals surface area contributed by atoms with Crippen LogP contribution in [-0.2, 0) is 24.7 Å². The maximum atomic E-state index is 14.6. The SMILES string of the molecule is COC(=O)[C@]1(c2ccccc2)N[C@@H](c2cccs2)[C@H]2C(=O)N(c3ccccc3F)C(=O)[C@H]21. The fourth-order valence-electron chi connectivity index (χ4n) is 4.92. The summed E-state index contributed by atoms with van der Waals surface area (Å²) < 4.78 is 19.8. The van der Waals surface area contributed by atoms with Crippen molar-refractivity contribution in [3.05, 3.63) is 88.4 Å². The van der Waals surface area contributed by atoms with Gasteiger partial charge in [-0.3, -0.25) is 14.9 Å². The topological polar surface area (TPSA) is 75.7 Å². The second-order valence-corrected chi connectivity index (χ2v) is 8.75. The Morgan fingerprint density at radius 1 is 1.03 bits per heavy atom. The van der Waals surface area contributed by atoms with Gasteiger partial charge < -0.3 is 4.74 Å². The van der Waals surface area contributed by atoms with Gasteiger partial charge in [-0.25, -0.2) is 14.1 Å². The summed E-state index contributed by atoms with van der Waals surface area (Å²) >= 11 is 1.42. The number of rotatable bonds is 4. The summed E-state index contributed by atoms with van der Waals surface area (Å²) in [5.74, 6) is -4.53. The van der Waals surface area contributed by atoms with Crippen LogP contribution in [0.15, 0.2) is 72.1 Å². The molecular formula is C24H19FN2O4S. The second kappa shape index (κ2) is 7.65. The molecule has 2 amide bonds. The number of carbonyl (C=O) groups is 3. The van der Waals surface area contributed by atoms with Crippen molar-refractivity contribution in [2.24, 2.45) is 11.8 Å². The normalized spacial score (nSPS) is 26.9. The Morgan fingerprint density at radius 2 is 1.75 bits per heavy atom. The molecule has 1 aromatic heterocycles. The van der Waals surface area contributed by atoms with Crippen molar-refractivity contribution in [1.82, 2.24) is 5.32 Å². The molecule has 2 saturated heterocycles. The zero-order valence-electron chi connectivity index (χ0n) is 17.0. The smallest absolute Gasteiger partial charge is 0.331 e. The number of nitrogens with one attached hydrogen (secondary N) is 1. The average Bonchev–Trinajstić information content (AvgIpc) is 3.52. The molecular weight excluding hydrogens is 431 g/mol. The van der Waals surface area contributed by atoms with Gasteiger partial charge in [-0.05, 0) is 29.1 Å². The van der Waals surface area contributed by atoms with Crippen LogP contribution in [0.4, 0.5) is 10.1 Å². The number of benzene rings is 2. The van der Waals surface area contributed by atoms with Crippen molar-refractivity contribution in [1.29, 1.82) is 0 Å². The van der Waals surface area contributed by atoms with Crippen LogP contribution in [0, 0.1) is 17.7 Å². The van der Waals surface area contributed by atoms with Gasteiger partial charge in [-0.15, -0.1) is 11.3 Å². The van der Waals surface area contributed by atoms with E-state index in [4.69, 9.17) is 4.74 Å². The van der Waals surface area contributed by atoms with Gasteiger partial charge in [0.15, 0.2) is 5.54 Å². The summed E-state index contributed by atoms with van der Waals surface area (Å²) in [5, 5.41) is 5.16. The van der Waals surface area contributed by atoms with E-state index in [1.165, 1.54) is 36.6 Å². The highest BCUT2D eigenvalue weighted by Gasteiger charge is 2.70. The van der Waals surface area contributed by atoms with E-state index < -0.39 is 47.0 Å². The first-order chi connectivity index (χ1) is 15.5. The number of halogens is 1. The molecule has 4 atom stereocenters. The lowest BCUT2D eigenvalue weighted by molar-refractivity contribution is -0.152. The number of anilines is 1. The van der Waals surface area contributed by atoms with Gasteiger partial charge in [-0.1, -0.05) is 48.5 Å². The lowest BCUT2D eigenvalue weighted by Crippen LogP contribution is -2.53. The van der Waals surface area contributed by atoms with Gasteiger partial charge in [0.1, 0.15) is 5.82 Å². The van der Waals surface area contributed by atoms with Crippen molar-refractivity contribution in [2.45, 2.75) is 11.6 Å². The molecule has 5 rings (SSSR count). The summed E-state index contributed by atoms with van der Waals surface area (Å²) in [6, 6.07) is 17.5. The minimum Gasteiger partial charge on any atom is -0.467 e. The van der Waals surface area contributed by atoms with E-state index in [9.17, 15) is 18.8 Å². The lowest BCUT2D eigenvalue weighted by Gasteiger charge is -2.32. The molecule has 2 aliphatic heterocycles. The summed E-state index contributed by atoms with van der Waals surface area (Å²) in [6.07, 6.45) is 0. The molecule has 1 N–H and O–H groups in total. The second-order valence-electron chi connectivity index (χ2n) is 7.77. The third-order valence-electron chi connectivity index (χ3n) is 6.24. The van der Waals surface area contributed by atoms with Crippen LogP contribution in [0.1, 0.15) is 16.5 Å². The molecule has 0 spiro atoms. The van der Waals surface area contributed by atoms with Crippen LogP contribution in [0.3, 0.4) is 0 Å². The van der Waals surface area contributed by atoms with Crippen LogP contribution in [0.25, 0.3) is 0 Å². The fraction of sp³-hybridized carbons (Fsp3) is 0.208. The summed E-state index contributed by atoms with van der Waals surface area (Å²) in [6.45, 7) is 0. The predicted molar refractivity (Wildman–Crippen MR) is 116 cm³/mol. The van der Waals surface area contributed by atoms with E-state index in [0.29, 0.717) is 5.56 Å². The number of nitrogens with zero attached hydrogens (tertiary/aromatic N) is 1. The van der Waals surface area contributed by atoms with E-state index in [1.54, 1.807) is 36.4 Å². The summed E-state index contributed by atoms with van der Waals surface area (Å²) in [4.78, 5) is 42.4. The molecule has 32 heavy (non-hydrogen) atoms. The third-order valence-corrected chi connectivity index (χ3v) is 7.19. The minimum absolute atomic E-state index is 0.117. The highest BCUT2D eigenvalue weighted by molar-refractivity contribution is 7.10. The molecule has 3 heterocycles. The van der Waals surface area contributed by atoms with Gasteiger partial charge in [-0.2, -0.15) is 0 Å². The van der Waals surface area contributed by atoms with E-state index in [-0.39, 0.29) is 5.69 Å². The highest BCUT2D eigenvalue weighted by Crippen LogP contribution is 2.54. The number of carbonyl (C=O) groups excluding carboxylic acids is 3. The Morgan fingerprint density at radius 3 is 2.41 bits per heavy atom. The predicted octanol–water partition coefficient (Wildman–Crippen LogP) is 3.41. The van der Waals surface area contributed by atoms with Crippen molar-refractivity contribution < 1.29 is 23.5 Å². The first-order valence-corrected chi connectivity index (χ1v) is 11.0. The Labute approximate surface area is 187 Å². The van der Waals surface area contributed by atoms with Crippen molar-refractivity contribution in [2.75, 3.05) is 12.0 Å². The van der Waals surface area contributed by atoms with Crippen LogP contribution >= 0.6 is 11.3 Å². The molecule has 0 bridgehead atoms. The fourth-order valence-corrected chi connectivity index (χ4v) is 5.75. The van der Waals surface area contributed by atoms with Gasteiger partial charge in [0.2, 0.25) is 11.8 Å². The molecule has 2 aliphatic rings. The van der Waals surface area contributed by atoms with Crippen LogP contribution in [0.5, 0.6) is 0 Å². The van der Waals surface area contributed by atoms with Crippen LogP contribution in [-0.4, -0.2) is 24.9 Å². The largest absolute Gasteiger partial charge is 0.467 e. The van der Waals surface area contributed by atoms with Crippen molar-refractivity contribution in [3.63, 3.8) is 0 Å². The maximum absolute atomic E-state index is 14.6. The number of esters is 1. The van der Waals surface area contributed by atoms with Gasteiger partial charge >= 0.3 is 5.97 Å². The van der Waals surface area contributed by atoms with E-state index in [2.05, 4.69) is 5.32 Å². The molecule has 2 aromatic carbocycles. The van der Waals surface area contributed by atoms with E-state index in [1.807, 2.05) is 17.5 Å². The van der Waals surface area contributed by atoms with E-state index >= 15 is 0 Å². The average molecular weight is 450 g/mol. The summed E-state index contributed by atoms with van der Waals surface area (Å²) in [5.41, 5.74) is -1.20. The first kappa shape index (κ1) is 20.5. The Balaban J connectivity index is 1.74. The number of hydrogen-bond donors (Lipinski definition) is 1. The molecule has 0 unspecified atom stereocenters. The number of fused-ring (bicyclic) bond motifs is 1. The van der Waals surface area contributed by atoms with Crippen LogP contribution in [0.2, 0.25) is 0 Å². The Bertz CT molecular complexity index is 1200. The zero-order valence-corrected chi connectivity index (χ0v) is 17.8. The van der Waals surface area contributed by atoms with Crippen molar-refractivity contribution in [3.8, 4) is 0 Å². The molecule has 0 aliphatic carbocycles. The number of amides is 2. The van der Waals surface area contributed by atoms with Gasteiger partial charge in [0, 0.05) is 4.88 Å². The Kier molecular flexibility index (Phi) is 4.91.